The lowest BCUT2D eigenvalue weighted by atomic mass is 10.1. The Hall–Kier alpha value is -1.17. The summed E-state index contributed by atoms with van der Waals surface area (Å²) in [6.07, 6.45) is -7.89. The van der Waals surface area contributed by atoms with Crippen LogP contribution in [0.25, 0.3) is 0 Å². The number of hydrogen-bond donors (Lipinski definition) is 1. The van der Waals surface area contributed by atoms with Crippen LogP contribution in [0.3, 0.4) is 0 Å². The molecule has 6 heteroatoms. The van der Waals surface area contributed by atoms with Crippen molar-refractivity contribution in [3.05, 3.63) is 35.4 Å². The normalized spacial score (nSPS) is 14.1. The lowest BCUT2D eigenvalue weighted by Gasteiger charge is -2.15. The summed E-state index contributed by atoms with van der Waals surface area (Å²) in [4.78, 5) is 0. The summed E-state index contributed by atoms with van der Waals surface area (Å²) < 4.78 is 60.8. The molecule has 0 aromatic heterocycles. The maximum Gasteiger partial charge on any atom is 0.418 e. The SMILES string of the molecule is O[C@H](c1ccc(F)cc1F)C(F)(F)F. The van der Waals surface area contributed by atoms with Crippen molar-refractivity contribution in [2.24, 2.45) is 0 Å². The van der Waals surface area contributed by atoms with E-state index in [0.717, 1.165) is 0 Å². The molecule has 0 heterocycles. The zero-order chi connectivity index (χ0) is 10.9. The van der Waals surface area contributed by atoms with Crippen molar-refractivity contribution in [3.63, 3.8) is 0 Å². The van der Waals surface area contributed by atoms with Crippen molar-refractivity contribution >= 4 is 0 Å². The molecule has 0 fully saturated rings. The summed E-state index contributed by atoms with van der Waals surface area (Å²) in [6.45, 7) is 0. The number of aliphatic hydroxyl groups excluding tert-OH is 1. The van der Waals surface area contributed by atoms with Crippen LogP contribution >= 0.6 is 0 Å². The molecule has 0 saturated heterocycles. The minimum absolute atomic E-state index is 0.282. The average Bonchev–Trinajstić information content (AvgIpc) is 2.01. The Morgan fingerprint density at radius 2 is 1.71 bits per heavy atom. The molecule has 0 radical (unpaired) electrons. The van der Waals surface area contributed by atoms with Crippen molar-refractivity contribution in [1.29, 1.82) is 0 Å². The van der Waals surface area contributed by atoms with Gasteiger partial charge in [-0.1, -0.05) is 6.07 Å². The van der Waals surface area contributed by atoms with Crippen LogP contribution in [0.1, 0.15) is 11.7 Å². The van der Waals surface area contributed by atoms with Gasteiger partial charge < -0.3 is 5.11 Å². The largest absolute Gasteiger partial charge is 0.418 e. The molecule has 0 bridgehead atoms. The highest BCUT2D eigenvalue weighted by atomic mass is 19.4. The van der Waals surface area contributed by atoms with Gasteiger partial charge in [0.15, 0.2) is 6.10 Å². The second-order valence-electron chi connectivity index (χ2n) is 2.61. The van der Waals surface area contributed by atoms with E-state index < -0.39 is 29.5 Å². The predicted molar refractivity (Wildman–Crippen MR) is 37.4 cm³/mol. The Morgan fingerprint density at radius 3 is 2.14 bits per heavy atom. The number of rotatable bonds is 1. The Labute approximate surface area is 75.8 Å². The van der Waals surface area contributed by atoms with E-state index in [9.17, 15) is 22.0 Å². The van der Waals surface area contributed by atoms with Crippen molar-refractivity contribution in [3.8, 4) is 0 Å². The standard InChI is InChI=1S/C8H5F5O/c9-4-1-2-5(6(10)3-4)7(14)8(11,12)13/h1-3,7,14H/t7-/m1/s1. The van der Waals surface area contributed by atoms with E-state index in [2.05, 4.69) is 0 Å². The molecule has 1 atom stereocenters. The smallest absolute Gasteiger partial charge is 0.379 e. The maximum absolute atomic E-state index is 12.7. The van der Waals surface area contributed by atoms with Crippen LogP contribution in [0.15, 0.2) is 18.2 Å². The van der Waals surface area contributed by atoms with Crippen LogP contribution in [0.4, 0.5) is 22.0 Å². The Morgan fingerprint density at radius 1 is 1.14 bits per heavy atom. The Kier molecular flexibility index (Phi) is 2.75. The number of alkyl halides is 3. The molecule has 0 saturated carbocycles. The average molecular weight is 212 g/mol. The van der Waals surface area contributed by atoms with Crippen molar-refractivity contribution in [2.45, 2.75) is 12.3 Å². The molecule has 0 aliphatic heterocycles. The van der Waals surface area contributed by atoms with Crippen LogP contribution in [0, 0.1) is 11.6 Å². The summed E-state index contributed by atoms with van der Waals surface area (Å²) in [5, 5.41) is 8.64. The third kappa shape index (κ3) is 2.20. The van der Waals surface area contributed by atoms with Gasteiger partial charge in [-0.2, -0.15) is 13.2 Å². The second kappa shape index (κ2) is 3.53. The quantitative estimate of drug-likeness (QED) is 0.709. The van der Waals surface area contributed by atoms with Gasteiger partial charge in [0.1, 0.15) is 11.6 Å². The first-order valence-electron chi connectivity index (χ1n) is 3.52. The summed E-state index contributed by atoms with van der Waals surface area (Å²) in [5.74, 6) is -2.42. The van der Waals surface area contributed by atoms with Gasteiger partial charge in [0.25, 0.3) is 0 Å². The summed E-state index contributed by atoms with van der Waals surface area (Å²) in [5.41, 5.74) is -0.987. The highest BCUT2D eigenvalue weighted by Gasteiger charge is 2.40. The fraction of sp³-hybridized carbons (Fsp3) is 0.250. The molecule has 0 aliphatic carbocycles. The minimum Gasteiger partial charge on any atom is -0.379 e. The summed E-state index contributed by atoms with van der Waals surface area (Å²) >= 11 is 0. The molecule has 0 aliphatic rings. The van der Waals surface area contributed by atoms with E-state index in [4.69, 9.17) is 5.11 Å². The van der Waals surface area contributed by atoms with Crippen molar-refractivity contribution < 1.29 is 27.1 Å². The van der Waals surface area contributed by atoms with E-state index in [1.807, 2.05) is 0 Å². The van der Waals surface area contributed by atoms with Crippen molar-refractivity contribution in [2.75, 3.05) is 0 Å². The molecule has 1 N–H and O–H groups in total. The van der Waals surface area contributed by atoms with E-state index in [0.29, 0.717) is 12.1 Å². The van der Waals surface area contributed by atoms with Gasteiger partial charge >= 0.3 is 6.18 Å². The zero-order valence-electron chi connectivity index (χ0n) is 6.65. The first-order valence-corrected chi connectivity index (χ1v) is 3.52. The Balaban J connectivity index is 3.08. The molecule has 1 aromatic rings. The van der Waals surface area contributed by atoms with Gasteiger partial charge in [-0.15, -0.1) is 0 Å². The van der Waals surface area contributed by atoms with Crippen LogP contribution in [0.5, 0.6) is 0 Å². The van der Waals surface area contributed by atoms with E-state index in [1.165, 1.54) is 0 Å². The van der Waals surface area contributed by atoms with Gasteiger partial charge in [-0.3, -0.25) is 0 Å². The molecular formula is C8H5F5O. The van der Waals surface area contributed by atoms with Gasteiger partial charge in [0.2, 0.25) is 0 Å². The molecule has 1 nitrogen and oxygen atoms in total. The van der Waals surface area contributed by atoms with Crippen LogP contribution in [-0.4, -0.2) is 11.3 Å². The predicted octanol–water partition coefficient (Wildman–Crippen LogP) is 2.56. The van der Waals surface area contributed by atoms with Gasteiger partial charge in [-0.25, -0.2) is 8.78 Å². The van der Waals surface area contributed by atoms with Crippen LogP contribution in [0.2, 0.25) is 0 Å². The Bertz CT molecular complexity index is 333. The number of benzene rings is 1. The summed E-state index contributed by atoms with van der Waals surface area (Å²) in [7, 11) is 0. The minimum atomic E-state index is -4.96. The lowest BCUT2D eigenvalue weighted by Crippen LogP contribution is -2.21. The molecule has 1 aromatic carbocycles. The number of halogens is 5. The van der Waals surface area contributed by atoms with Crippen LogP contribution in [-0.2, 0) is 0 Å². The molecule has 1 rings (SSSR count). The molecule has 78 valence electrons. The van der Waals surface area contributed by atoms with E-state index in [1.54, 1.807) is 0 Å². The van der Waals surface area contributed by atoms with Crippen molar-refractivity contribution in [1.82, 2.24) is 0 Å². The van der Waals surface area contributed by atoms with E-state index in [-0.39, 0.29) is 6.07 Å². The zero-order valence-corrected chi connectivity index (χ0v) is 6.65. The monoisotopic (exact) mass is 212 g/mol. The van der Waals surface area contributed by atoms with Gasteiger partial charge in [0, 0.05) is 11.6 Å². The molecule has 0 unspecified atom stereocenters. The third-order valence-electron chi connectivity index (χ3n) is 1.57. The molecule has 0 spiro atoms. The number of hydrogen-bond acceptors (Lipinski definition) is 1. The van der Waals surface area contributed by atoms with Gasteiger partial charge in [-0.05, 0) is 6.07 Å². The first kappa shape index (κ1) is 10.9. The fourth-order valence-corrected chi connectivity index (χ4v) is 0.900. The number of aliphatic hydroxyl groups is 1. The maximum atomic E-state index is 12.7. The van der Waals surface area contributed by atoms with Crippen LogP contribution < -0.4 is 0 Å². The fourth-order valence-electron chi connectivity index (χ4n) is 0.900. The lowest BCUT2D eigenvalue weighted by molar-refractivity contribution is -0.207. The molecule has 14 heavy (non-hydrogen) atoms. The topological polar surface area (TPSA) is 20.2 Å². The van der Waals surface area contributed by atoms with E-state index >= 15 is 0 Å². The first-order chi connectivity index (χ1) is 6.32. The highest BCUT2D eigenvalue weighted by molar-refractivity contribution is 5.21. The molecule has 0 amide bonds. The second-order valence-corrected chi connectivity index (χ2v) is 2.61. The van der Waals surface area contributed by atoms with Gasteiger partial charge in [0.05, 0.1) is 0 Å². The summed E-state index contributed by atoms with van der Waals surface area (Å²) in [6, 6.07) is 1.49. The molecular weight excluding hydrogens is 207 g/mol. The highest BCUT2D eigenvalue weighted by Crippen LogP contribution is 2.33. The third-order valence-corrected chi connectivity index (χ3v) is 1.57.